The van der Waals surface area contributed by atoms with Crippen molar-refractivity contribution in [3.05, 3.63) is 78.8 Å². The average Bonchev–Trinajstić information content (AvgIpc) is 3.47. The molecule has 238 valence electrons. The van der Waals surface area contributed by atoms with Crippen LogP contribution in [0.2, 0.25) is 0 Å². The summed E-state index contributed by atoms with van der Waals surface area (Å²) in [5, 5.41) is 0.764. The molecule has 14 heteroatoms. The summed E-state index contributed by atoms with van der Waals surface area (Å²) < 4.78 is 61.8. The van der Waals surface area contributed by atoms with Crippen LogP contribution >= 0.6 is 0 Å². The molecule has 2 fully saturated rings. The van der Waals surface area contributed by atoms with Gasteiger partial charge in [-0.05, 0) is 55.3 Å². The van der Waals surface area contributed by atoms with Crippen LogP contribution in [-0.4, -0.2) is 80.3 Å². The zero-order chi connectivity index (χ0) is 32.8. The zero-order valence-electron chi connectivity index (χ0n) is 25.3. The molecule has 11 nitrogen and oxygen atoms in total. The molecule has 0 bridgehead atoms. The number of anilines is 2. The molecule has 1 spiro atoms. The van der Waals surface area contributed by atoms with Crippen LogP contribution in [0.25, 0.3) is 22.0 Å². The van der Waals surface area contributed by atoms with Crippen LogP contribution in [0, 0.1) is 17.0 Å². The molecule has 4 heterocycles. The van der Waals surface area contributed by atoms with Gasteiger partial charge < -0.3 is 14.5 Å². The van der Waals surface area contributed by atoms with Crippen molar-refractivity contribution in [1.82, 2.24) is 19.9 Å². The molecule has 1 amide bonds. The molecule has 2 aliphatic heterocycles. The van der Waals surface area contributed by atoms with E-state index in [1.54, 1.807) is 4.90 Å². The second-order valence-electron chi connectivity index (χ2n) is 11.5. The Hall–Kier alpha value is -4.98. The molecule has 2 aromatic carbocycles. The third-order valence-electron chi connectivity index (χ3n) is 8.41. The van der Waals surface area contributed by atoms with Crippen molar-refractivity contribution in [2.75, 3.05) is 49.5 Å². The summed E-state index contributed by atoms with van der Waals surface area (Å²) in [5.41, 5.74) is 1.81. The van der Waals surface area contributed by atoms with Crippen molar-refractivity contribution in [3.8, 4) is 17.0 Å². The largest absolute Gasteiger partial charge is 0.479 e. The van der Waals surface area contributed by atoms with Crippen LogP contribution in [-0.2, 0) is 19.6 Å². The number of halogens is 2. The Balaban J connectivity index is 1.30. The second-order valence-corrected chi connectivity index (χ2v) is 13.4. The smallest absolute Gasteiger partial charge is 0.270 e. The monoisotopic (exact) mass is 648 g/mol. The Morgan fingerprint density at radius 1 is 1.00 bits per heavy atom. The highest BCUT2D eigenvalue weighted by Crippen LogP contribution is 2.42. The van der Waals surface area contributed by atoms with Crippen LogP contribution in [0.4, 0.5) is 20.3 Å². The maximum Gasteiger partial charge on any atom is 0.270 e. The van der Waals surface area contributed by atoms with Gasteiger partial charge in [0, 0.05) is 61.9 Å². The number of allylic oxidation sites excluding steroid dienone is 1. The Bertz CT molecular complexity index is 2000. The first kappa shape index (κ1) is 31.0. The lowest BCUT2D eigenvalue weighted by atomic mass is 9.79. The number of amides is 1. The number of likely N-dealkylation sites (tertiary alicyclic amines) is 1. The van der Waals surface area contributed by atoms with Crippen molar-refractivity contribution < 1.29 is 31.5 Å². The molecular formula is C32H30F2N6O5S. The normalized spacial score (nSPS) is 15.8. The molecular weight excluding hydrogens is 618 g/mol. The summed E-state index contributed by atoms with van der Waals surface area (Å²) in [5.74, 6) is -2.12. The number of rotatable bonds is 8. The number of fused-ring (bicyclic) bond motifs is 1. The molecule has 0 radical (unpaired) electrons. The van der Waals surface area contributed by atoms with Crippen LogP contribution in [0.1, 0.15) is 13.3 Å². The van der Waals surface area contributed by atoms with Gasteiger partial charge in [-0.3, -0.25) is 13.9 Å². The molecule has 0 aliphatic carbocycles. The molecule has 2 aromatic heterocycles. The highest BCUT2D eigenvalue weighted by Gasteiger charge is 2.49. The van der Waals surface area contributed by atoms with Crippen molar-refractivity contribution in [3.63, 3.8) is 0 Å². The second kappa shape index (κ2) is 11.7. The SMILES string of the molecule is COc1ncc(-c2ccc3ncnc(N4CCC5(CN(C(=O)/C=C/C(C)=O)C5)C4)c3c2)cc1N(C)S(=O)(=O)c1c(F)cccc1F. The van der Waals surface area contributed by atoms with E-state index in [9.17, 15) is 26.8 Å². The van der Waals surface area contributed by atoms with Crippen molar-refractivity contribution in [2.24, 2.45) is 5.41 Å². The zero-order valence-corrected chi connectivity index (χ0v) is 26.1. The molecule has 2 aliphatic rings. The number of benzene rings is 2. The number of methoxy groups -OCH3 is 1. The van der Waals surface area contributed by atoms with Gasteiger partial charge in [-0.2, -0.15) is 0 Å². The Labute approximate surface area is 264 Å². The van der Waals surface area contributed by atoms with Crippen molar-refractivity contribution >= 4 is 44.1 Å². The van der Waals surface area contributed by atoms with Crippen molar-refractivity contribution in [1.29, 1.82) is 0 Å². The highest BCUT2D eigenvalue weighted by molar-refractivity contribution is 7.92. The van der Waals surface area contributed by atoms with Gasteiger partial charge in [-0.25, -0.2) is 32.2 Å². The van der Waals surface area contributed by atoms with E-state index < -0.39 is 26.6 Å². The summed E-state index contributed by atoms with van der Waals surface area (Å²) in [7, 11) is -2.18. The Morgan fingerprint density at radius 3 is 2.43 bits per heavy atom. The maximum atomic E-state index is 14.5. The average molecular weight is 649 g/mol. The molecule has 0 saturated carbocycles. The Morgan fingerprint density at radius 2 is 1.74 bits per heavy atom. The van der Waals surface area contributed by atoms with E-state index in [1.807, 2.05) is 18.2 Å². The minimum Gasteiger partial charge on any atom is -0.479 e. The van der Waals surface area contributed by atoms with Gasteiger partial charge in [-0.15, -0.1) is 0 Å². The van der Waals surface area contributed by atoms with Crippen LogP contribution in [0.5, 0.6) is 5.88 Å². The first-order chi connectivity index (χ1) is 21.9. The lowest BCUT2D eigenvalue weighted by molar-refractivity contribution is -0.136. The number of pyridine rings is 1. The number of ketones is 1. The molecule has 0 atom stereocenters. The van der Waals surface area contributed by atoms with E-state index in [0.29, 0.717) is 36.3 Å². The summed E-state index contributed by atoms with van der Waals surface area (Å²) >= 11 is 0. The van der Waals surface area contributed by atoms with Gasteiger partial charge in [0.05, 0.1) is 12.6 Å². The fourth-order valence-electron chi connectivity index (χ4n) is 6.04. The molecule has 0 N–H and O–H groups in total. The van der Waals surface area contributed by atoms with E-state index in [0.717, 1.165) is 46.7 Å². The number of nitrogens with zero attached hydrogens (tertiary/aromatic N) is 6. The fourth-order valence-corrected chi connectivity index (χ4v) is 7.33. The van der Waals surface area contributed by atoms with Gasteiger partial charge in [-0.1, -0.05) is 12.1 Å². The predicted molar refractivity (Wildman–Crippen MR) is 167 cm³/mol. The quantitative estimate of drug-likeness (QED) is 0.261. The Kier molecular flexibility index (Phi) is 7.92. The highest BCUT2D eigenvalue weighted by atomic mass is 32.2. The lowest BCUT2D eigenvalue weighted by Gasteiger charge is -2.47. The van der Waals surface area contributed by atoms with Crippen molar-refractivity contribution in [2.45, 2.75) is 18.2 Å². The van der Waals surface area contributed by atoms with Crippen LogP contribution in [0.3, 0.4) is 0 Å². The third kappa shape index (κ3) is 5.53. The molecule has 6 rings (SSSR count). The van der Waals surface area contributed by atoms with E-state index >= 15 is 0 Å². The predicted octanol–water partition coefficient (Wildman–Crippen LogP) is 3.99. The summed E-state index contributed by atoms with van der Waals surface area (Å²) in [6.45, 7) is 3.99. The van der Waals surface area contributed by atoms with E-state index in [2.05, 4.69) is 19.9 Å². The van der Waals surface area contributed by atoms with Gasteiger partial charge >= 0.3 is 0 Å². The van der Waals surface area contributed by atoms with Gasteiger partial charge in [0.25, 0.3) is 10.0 Å². The summed E-state index contributed by atoms with van der Waals surface area (Å²) in [6, 6.07) is 9.89. The van der Waals surface area contributed by atoms with Crippen LogP contribution < -0.4 is 13.9 Å². The summed E-state index contributed by atoms with van der Waals surface area (Å²) in [4.78, 5) is 39.7. The number of hydrogen-bond acceptors (Lipinski definition) is 9. The number of hydrogen-bond donors (Lipinski definition) is 0. The molecule has 2 saturated heterocycles. The van der Waals surface area contributed by atoms with E-state index in [1.165, 1.54) is 51.8 Å². The molecule has 4 aromatic rings. The van der Waals surface area contributed by atoms with E-state index in [4.69, 9.17) is 4.74 Å². The minimum absolute atomic E-state index is 0.0176. The lowest BCUT2D eigenvalue weighted by Crippen LogP contribution is -2.59. The topological polar surface area (TPSA) is 126 Å². The number of carbonyl (C=O) groups excluding carboxylic acids is 2. The first-order valence-electron chi connectivity index (χ1n) is 14.4. The van der Waals surface area contributed by atoms with Gasteiger partial charge in [0.2, 0.25) is 11.8 Å². The van der Waals surface area contributed by atoms with Crippen LogP contribution in [0.15, 0.2) is 72.0 Å². The molecule has 46 heavy (non-hydrogen) atoms. The standard InChI is InChI=1S/C32H30F2N6O5S/c1-20(41)7-10-28(42)40-17-32(18-40)11-12-39(16-32)30-23-13-21(8-9-26(23)36-19-37-30)22-14-27(31(45-3)35-15-22)38(2)46(43,44)29-24(33)5-4-6-25(29)34/h4-10,13-15,19H,11-12,16-18H2,1-3H3/b10-7+. The fraction of sp³-hybridized carbons (Fsp3) is 0.281. The third-order valence-corrected chi connectivity index (χ3v) is 10.2. The van der Waals surface area contributed by atoms with Gasteiger partial charge in [0.15, 0.2) is 10.7 Å². The number of aromatic nitrogens is 3. The number of carbonyl (C=O) groups is 2. The maximum absolute atomic E-state index is 14.5. The first-order valence-corrected chi connectivity index (χ1v) is 15.8. The minimum atomic E-state index is -4.67. The van der Waals surface area contributed by atoms with E-state index in [-0.39, 0.29) is 28.7 Å². The molecule has 0 unspecified atom stereocenters. The number of ether oxygens (including phenoxy) is 1. The van der Waals surface area contributed by atoms with Gasteiger partial charge in [0.1, 0.15) is 29.5 Å². The number of sulfonamides is 1. The summed E-state index contributed by atoms with van der Waals surface area (Å²) in [6.07, 6.45) is 6.47.